The average molecular weight is 292 g/mol. The summed E-state index contributed by atoms with van der Waals surface area (Å²) in [6.45, 7) is -1.48. The number of hydrogen-bond acceptors (Lipinski definition) is 2. The van der Waals surface area contributed by atoms with Crippen molar-refractivity contribution in [1.29, 1.82) is 0 Å². The maximum Gasteiger partial charge on any atom is 0.422 e. The van der Waals surface area contributed by atoms with Crippen LogP contribution in [0.15, 0.2) is 12.2 Å². The second-order valence-corrected chi connectivity index (χ2v) is 5.35. The number of alkyl halides is 3. The van der Waals surface area contributed by atoms with Crippen LogP contribution in [0.1, 0.15) is 57.8 Å². The number of allylic oxidation sites excluding steroid dienone is 2. The Morgan fingerprint density at radius 3 is 2.40 bits per heavy atom. The summed E-state index contributed by atoms with van der Waals surface area (Å²) < 4.78 is 39.6. The summed E-state index contributed by atoms with van der Waals surface area (Å²) in [5, 5.41) is 0. The number of ether oxygens (including phenoxy) is 1. The minimum atomic E-state index is -4.44. The number of esters is 1. The number of halogens is 3. The summed E-state index contributed by atoms with van der Waals surface area (Å²) in [6, 6.07) is 0. The van der Waals surface area contributed by atoms with Crippen LogP contribution in [0, 0.1) is 5.92 Å². The van der Waals surface area contributed by atoms with Crippen molar-refractivity contribution in [2.45, 2.75) is 64.0 Å². The molecule has 0 aliphatic heterocycles. The van der Waals surface area contributed by atoms with Crippen molar-refractivity contribution in [3.8, 4) is 0 Å². The highest BCUT2D eigenvalue weighted by Gasteiger charge is 2.29. The second kappa shape index (κ2) is 9.03. The van der Waals surface area contributed by atoms with Gasteiger partial charge in [-0.25, -0.2) is 0 Å². The van der Waals surface area contributed by atoms with Crippen LogP contribution >= 0.6 is 0 Å². The van der Waals surface area contributed by atoms with Gasteiger partial charge in [-0.2, -0.15) is 13.2 Å². The Morgan fingerprint density at radius 1 is 1.15 bits per heavy atom. The maximum absolute atomic E-state index is 11.8. The fourth-order valence-electron chi connectivity index (χ4n) is 2.39. The molecule has 0 aromatic rings. The monoisotopic (exact) mass is 292 g/mol. The summed E-state index contributed by atoms with van der Waals surface area (Å²) >= 11 is 0. The second-order valence-electron chi connectivity index (χ2n) is 5.35. The molecule has 2 nitrogen and oxygen atoms in total. The third-order valence-corrected chi connectivity index (χ3v) is 3.46. The van der Waals surface area contributed by atoms with Gasteiger partial charge in [0.15, 0.2) is 6.61 Å². The molecule has 0 N–H and O–H groups in total. The van der Waals surface area contributed by atoms with E-state index in [2.05, 4.69) is 10.8 Å². The van der Waals surface area contributed by atoms with Gasteiger partial charge in [0.05, 0.1) is 0 Å². The standard InChI is InChI=1S/C15H23F3O2/c16-15(17,18)12-20-14(19)11-7-3-6-10-13-8-4-1-2-5-9-13/h6,10,13H,1-5,7-9,11-12H2/b10-6-. The lowest BCUT2D eigenvalue weighted by atomic mass is 9.99. The first-order valence-electron chi connectivity index (χ1n) is 7.36. The van der Waals surface area contributed by atoms with Crippen molar-refractivity contribution >= 4 is 5.97 Å². The third kappa shape index (κ3) is 8.99. The molecule has 0 atom stereocenters. The minimum Gasteiger partial charge on any atom is -0.456 e. The third-order valence-electron chi connectivity index (χ3n) is 3.46. The van der Waals surface area contributed by atoms with Crippen LogP contribution in [0.3, 0.4) is 0 Å². The van der Waals surface area contributed by atoms with E-state index >= 15 is 0 Å². The van der Waals surface area contributed by atoms with Crippen LogP contribution in [-0.2, 0) is 9.53 Å². The largest absolute Gasteiger partial charge is 0.456 e. The van der Waals surface area contributed by atoms with Gasteiger partial charge in [0.25, 0.3) is 0 Å². The van der Waals surface area contributed by atoms with Gasteiger partial charge < -0.3 is 4.74 Å². The minimum absolute atomic E-state index is 0.0467. The van der Waals surface area contributed by atoms with E-state index in [-0.39, 0.29) is 6.42 Å². The predicted molar refractivity (Wildman–Crippen MR) is 71.2 cm³/mol. The molecule has 0 aromatic heterocycles. The fraction of sp³-hybridized carbons (Fsp3) is 0.800. The van der Waals surface area contributed by atoms with E-state index in [0.717, 1.165) is 6.42 Å². The molecule has 1 aliphatic rings. The quantitative estimate of drug-likeness (QED) is 0.304. The predicted octanol–water partition coefficient (Wildman–Crippen LogP) is 4.79. The molecule has 0 aromatic carbocycles. The zero-order valence-corrected chi connectivity index (χ0v) is 11.8. The van der Waals surface area contributed by atoms with Crippen molar-refractivity contribution < 1.29 is 22.7 Å². The molecule has 0 bridgehead atoms. The molecule has 0 radical (unpaired) electrons. The molecule has 0 amide bonds. The average Bonchev–Trinajstić information content (AvgIpc) is 2.64. The molecule has 1 fully saturated rings. The first kappa shape index (κ1) is 17.1. The molecule has 1 aliphatic carbocycles. The summed E-state index contributed by atoms with van der Waals surface area (Å²) in [5.41, 5.74) is 0. The zero-order valence-electron chi connectivity index (χ0n) is 11.8. The molecule has 0 unspecified atom stereocenters. The van der Waals surface area contributed by atoms with Gasteiger partial charge in [-0.15, -0.1) is 0 Å². The highest BCUT2D eigenvalue weighted by Crippen LogP contribution is 2.24. The normalized spacial score (nSPS) is 18.1. The van der Waals surface area contributed by atoms with E-state index < -0.39 is 18.8 Å². The van der Waals surface area contributed by atoms with E-state index in [1.54, 1.807) is 0 Å². The molecular formula is C15H23F3O2. The SMILES string of the molecule is O=C(CCC/C=C\C1CCCCCC1)OCC(F)(F)F. The molecule has 116 valence electrons. The Kier molecular flexibility index (Phi) is 7.70. The number of carbonyl (C=O) groups is 1. The highest BCUT2D eigenvalue weighted by molar-refractivity contribution is 5.69. The summed E-state index contributed by atoms with van der Waals surface area (Å²) in [6.07, 6.45) is 8.76. The molecule has 20 heavy (non-hydrogen) atoms. The Hall–Kier alpha value is -1.00. The van der Waals surface area contributed by atoms with Gasteiger partial charge in [0, 0.05) is 6.42 Å². The van der Waals surface area contributed by atoms with Crippen LogP contribution in [0.4, 0.5) is 13.2 Å². The van der Waals surface area contributed by atoms with Gasteiger partial charge >= 0.3 is 12.1 Å². The van der Waals surface area contributed by atoms with Gasteiger partial charge in [-0.05, 0) is 31.6 Å². The number of hydrogen-bond donors (Lipinski definition) is 0. The van der Waals surface area contributed by atoms with Gasteiger partial charge in [0.2, 0.25) is 0 Å². The van der Waals surface area contributed by atoms with Crippen LogP contribution in [0.2, 0.25) is 0 Å². The summed E-state index contributed by atoms with van der Waals surface area (Å²) in [4.78, 5) is 11.1. The smallest absolute Gasteiger partial charge is 0.422 e. The van der Waals surface area contributed by atoms with Crippen molar-refractivity contribution in [3.63, 3.8) is 0 Å². The number of carbonyl (C=O) groups excluding carboxylic acids is 1. The van der Waals surface area contributed by atoms with Crippen LogP contribution < -0.4 is 0 Å². The number of unbranched alkanes of at least 4 members (excludes halogenated alkanes) is 1. The maximum atomic E-state index is 11.8. The summed E-state index contributed by atoms with van der Waals surface area (Å²) in [7, 11) is 0. The van der Waals surface area contributed by atoms with E-state index in [1.807, 2.05) is 6.08 Å². The first-order valence-corrected chi connectivity index (χ1v) is 7.36. The van der Waals surface area contributed by atoms with E-state index in [0.29, 0.717) is 12.3 Å². The molecule has 0 spiro atoms. The van der Waals surface area contributed by atoms with Crippen molar-refractivity contribution in [3.05, 3.63) is 12.2 Å². The van der Waals surface area contributed by atoms with Crippen molar-refractivity contribution in [2.75, 3.05) is 6.61 Å². The Labute approximate surface area is 118 Å². The van der Waals surface area contributed by atoms with Crippen molar-refractivity contribution in [1.82, 2.24) is 0 Å². The Morgan fingerprint density at radius 2 is 1.80 bits per heavy atom. The van der Waals surface area contributed by atoms with Crippen LogP contribution in [0.5, 0.6) is 0 Å². The fourth-order valence-corrected chi connectivity index (χ4v) is 2.39. The van der Waals surface area contributed by atoms with Gasteiger partial charge in [0.1, 0.15) is 0 Å². The van der Waals surface area contributed by atoms with Crippen LogP contribution in [0.25, 0.3) is 0 Å². The van der Waals surface area contributed by atoms with Gasteiger partial charge in [-0.1, -0.05) is 37.8 Å². The molecule has 1 rings (SSSR count). The Balaban J connectivity index is 2.07. The molecule has 5 heteroatoms. The lowest BCUT2D eigenvalue weighted by Gasteiger charge is -2.08. The molecule has 0 saturated heterocycles. The zero-order chi connectivity index (χ0) is 14.8. The van der Waals surface area contributed by atoms with Crippen molar-refractivity contribution in [2.24, 2.45) is 5.92 Å². The molecule has 1 saturated carbocycles. The number of rotatable bonds is 6. The highest BCUT2D eigenvalue weighted by atomic mass is 19.4. The lowest BCUT2D eigenvalue weighted by Crippen LogP contribution is -2.20. The summed E-state index contributed by atoms with van der Waals surface area (Å²) in [5.74, 6) is -0.139. The molecule has 0 heterocycles. The van der Waals surface area contributed by atoms with E-state index in [4.69, 9.17) is 0 Å². The van der Waals surface area contributed by atoms with Crippen LogP contribution in [-0.4, -0.2) is 18.8 Å². The van der Waals surface area contributed by atoms with E-state index in [9.17, 15) is 18.0 Å². The Bertz CT molecular complexity index is 303. The van der Waals surface area contributed by atoms with E-state index in [1.165, 1.54) is 38.5 Å². The van der Waals surface area contributed by atoms with Gasteiger partial charge in [-0.3, -0.25) is 4.79 Å². The molecular weight excluding hydrogens is 269 g/mol. The lowest BCUT2D eigenvalue weighted by molar-refractivity contribution is -0.186. The topological polar surface area (TPSA) is 26.3 Å². The first-order chi connectivity index (χ1) is 9.47.